The third-order valence-electron chi connectivity index (χ3n) is 5.11. The van der Waals surface area contributed by atoms with Gasteiger partial charge in [0.05, 0.1) is 7.11 Å². The quantitative estimate of drug-likeness (QED) is 0.415. The van der Waals surface area contributed by atoms with Crippen molar-refractivity contribution in [3.8, 4) is 5.75 Å². The van der Waals surface area contributed by atoms with E-state index in [4.69, 9.17) is 9.84 Å². The maximum absolute atomic E-state index is 5.23. The molecule has 5 nitrogen and oxygen atoms in total. The molecule has 0 amide bonds. The molecule has 0 aliphatic carbocycles. The summed E-state index contributed by atoms with van der Waals surface area (Å²) in [5, 5.41) is 13.9. The molecule has 0 radical (unpaired) electrons. The molecule has 172 valence electrons. The molecular weight excluding hydrogens is 372 g/mol. The van der Waals surface area contributed by atoms with Crippen molar-refractivity contribution < 1.29 is 4.74 Å². The topological polar surface area (TPSA) is 48.9 Å². The van der Waals surface area contributed by atoms with Crippen LogP contribution in [0.15, 0.2) is 40.8 Å². The molecule has 0 atom stereocenters. The summed E-state index contributed by atoms with van der Waals surface area (Å²) in [6.07, 6.45) is 3.35. The van der Waals surface area contributed by atoms with Crippen molar-refractivity contribution in [3.05, 3.63) is 41.2 Å². The summed E-state index contributed by atoms with van der Waals surface area (Å²) in [5.41, 5.74) is 3.75. The van der Waals surface area contributed by atoms with E-state index >= 15 is 0 Å². The molecule has 5 heteroatoms. The van der Waals surface area contributed by atoms with Gasteiger partial charge in [0.25, 0.3) is 0 Å². The first-order chi connectivity index (χ1) is 14.5. The van der Waals surface area contributed by atoms with E-state index in [1.165, 1.54) is 29.7 Å². The highest BCUT2D eigenvalue weighted by atomic mass is 16.5. The van der Waals surface area contributed by atoms with Crippen molar-refractivity contribution in [2.24, 2.45) is 11.0 Å². The molecule has 0 unspecified atom stereocenters. The van der Waals surface area contributed by atoms with Crippen LogP contribution in [-0.2, 0) is 6.54 Å². The van der Waals surface area contributed by atoms with E-state index in [1.54, 1.807) is 7.11 Å². The van der Waals surface area contributed by atoms with E-state index in [0.717, 1.165) is 37.6 Å². The van der Waals surface area contributed by atoms with Crippen LogP contribution in [0.1, 0.15) is 73.3 Å². The Kier molecular flexibility index (Phi) is 15.6. The molecule has 1 saturated heterocycles. The third-order valence-corrected chi connectivity index (χ3v) is 5.11. The van der Waals surface area contributed by atoms with Gasteiger partial charge in [-0.2, -0.15) is 5.10 Å². The second-order valence-electron chi connectivity index (χ2n) is 6.97. The van der Waals surface area contributed by atoms with Gasteiger partial charge in [-0.15, -0.1) is 0 Å². The van der Waals surface area contributed by atoms with Gasteiger partial charge in [-0.25, -0.2) is 0 Å². The molecule has 0 aromatic heterocycles. The number of piperidine rings is 1. The summed E-state index contributed by atoms with van der Waals surface area (Å²) < 4.78 is 5.23. The molecule has 0 bridgehead atoms. The van der Waals surface area contributed by atoms with Crippen LogP contribution >= 0.6 is 0 Å². The molecule has 1 aliphatic rings. The molecule has 1 heterocycles. The molecule has 0 spiro atoms. The zero-order valence-corrected chi connectivity index (χ0v) is 20.9. The number of rotatable bonds is 8. The van der Waals surface area contributed by atoms with Crippen molar-refractivity contribution in [1.82, 2.24) is 15.6 Å². The summed E-state index contributed by atoms with van der Waals surface area (Å²) in [6.45, 7) is 17.5. The van der Waals surface area contributed by atoms with Gasteiger partial charge in [-0.05, 0) is 69.5 Å². The van der Waals surface area contributed by atoms with Crippen LogP contribution in [-0.4, -0.2) is 38.0 Å². The van der Waals surface area contributed by atoms with Crippen LogP contribution in [0.3, 0.4) is 0 Å². The first kappa shape index (κ1) is 28.0. The van der Waals surface area contributed by atoms with Gasteiger partial charge >= 0.3 is 0 Å². The Bertz CT molecular complexity index is 617. The number of hydrogen-bond donors (Lipinski definition) is 2. The van der Waals surface area contributed by atoms with Gasteiger partial charge in [-0.1, -0.05) is 46.8 Å². The Morgan fingerprint density at radius 1 is 1.10 bits per heavy atom. The van der Waals surface area contributed by atoms with Crippen LogP contribution in [0.5, 0.6) is 5.75 Å². The van der Waals surface area contributed by atoms with Gasteiger partial charge in [0.15, 0.2) is 0 Å². The maximum Gasteiger partial charge on any atom is 0.121 e. The summed E-state index contributed by atoms with van der Waals surface area (Å²) in [7, 11) is 3.73. The van der Waals surface area contributed by atoms with Crippen LogP contribution < -0.4 is 15.4 Å². The Morgan fingerprint density at radius 2 is 1.67 bits per heavy atom. The fourth-order valence-corrected chi connectivity index (χ4v) is 3.25. The molecule has 0 saturated carbocycles. The number of ether oxygens (including phenoxy) is 1. The van der Waals surface area contributed by atoms with Crippen molar-refractivity contribution in [1.29, 1.82) is 0 Å². The van der Waals surface area contributed by atoms with Crippen LogP contribution in [0.25, 0.3) is 0 Å². The van der Waals surface area contributed by atoms with E-state index in [9.17, 15) is 0 Å². The summed E-state index contributed by atoms with van der Waals surface area (Å²) in [5.74, 6) is 2.56. The van der Waals surface area contributed by atoms with E-state index in [1.807, 2.05) is 51.9 Å². The van der Waals surface area contributed by atoms with Crippen molar-refractivity contribution in [3.63, 3.8) is 0 Å². The normalized spacial score (nSPS) is 15.0. The number of hydrogen-bond acceptors (Lipinski definition) is 5. The Balaban J connectivity index is 0.00000198. The van der Waals surface area contributed by atoms with Crippen LogP contribution in [0.4, 0.5) is 0 Å². The van der Waals surface area contributed by atoms with Crippen LogP contribution in [0, 0.1) is 5.92 Å². The summed E-state index contributed by atoms with van der Waals surface area (Å²) in [6, 6.07) is 8.18. The van der Waals surface area contributed by atoms with Crippen molar-refractivity contribution in [2.75, 3.05) is 27.2 Å². The van der Waals surface area contributed by atoms with Gasteiger partial charge in [0.2, 0.25) is 0 Å². The van der Waals surface area contributed by atoms with Crippen LogP contribution in [0.2, 0.25) is 0 Å². The lowest BCUT2D eigenvalue weighted by Gasteiger charge is -2.26. The van der Waals surface area contributed by atoms with Gasteiger partial charge in [-0.3, -0.25) is 5.01 Å². The molecule has 1 aromatic rings. The first-order valence-corrected chi connectivity index (χ1v) is 11.6. The highest BCUT2D eigenvalue weighted by Crippen LogP contribution is 2.17. The predicted octanol–water partition coefficient (Wildman–Crippen LogP) is 5.79. The zero-order chi connectivity index (χ0) is 22.9. The second-order valence-corrected chi connectivity index (χ2v) is 6.97. The lowest BCUT2D eigenvalue weighted by atomic mass is 9.94. The van der Waals surface area contributed by atoms with Gasteiger partial charge in [0.1, 0.15) is 11.6 Å². The number of methoxy groups -OCH3 is 1. The SMILES string of the molecule is CC.CC.CCC(C)=C(NCc1ccc(OC)cc1)N(C)/N=C(\C)C1CCNCC1. The fraction of sp³-hybridized carbons (Fsp3) is 0.640. The number of nitrogens with zero attached hydrogens (tertiary/aromatic N) is 2. The number of benzene rings is 1. The first-order valence-electron chi connectivity index (χ1n) is 11.6. The van der Waals surface area contributed by atoms with E-state index in [0.29, 0.717) is 5.92 Å². The average molecular weight is 419 g/mol. The number of nitrogens with one attached hydrogen (secondary N) is 2. The lowest BCUT2D eigenvalue weighted by Crippen LogP contribution is -2.33. The smallest absolute Gasteiger partial charge is 0.121 e. The maximum atomic E-state index is 5.23. The molecule has 2 rings (SSSR count). The Labute approximate surface area is 186 Å². The Hall–Kier alpha value is -2.01. The lowest BCUT2D eigenvalue weighted by molar-refractivity contribution is 0.384. The third kappa shape index (κ3) is 9.66. The number of hydrazone groups is 1. The highest BCUT2D eigenvalue weighted by molar-refractivity contribution is 5.84. The molecule has 1 aliphatic heterocycles. The van der Waals surface area contributed by atoms with E-state index in [2.05, 4.69) is 43.5 Å². The second kappa shape index (κ2) is 16.8. The fourth-order valence-electron chi connectivity index (χ4n) is 3.25. The van der Waals surface area contributed by atoms with Crippen molar-refractivity contribution >= 4 is 5.71 Å². The Morgan fingerprint density at radius 3 is 2.17 bits per heavy atom. The molecule has 30 heavy (non-hydrogen) atoms. The average Bonchev–Trinajstić information content (AvgIpc) is 2.82. The summed E-state index contributed by atoms with van der Waals surface area (Å²) >= 11 is 0. The largest absolute Gasteiger partial charge is 0.497 e. The van der Waals surface area contributed by atoms with Crippen molar-refractivity contribution in [2.45, 2.75) is 74.3 Å². The highest BCUT2D eigenvalue weighted by Gasteiger charge is 2.17. The minimum Gasteiger partial charge on any atom is -0.497 e. The molecule has 1 aromatic carbocycles. The van der Waals surface area contributed by atoms with Gasteiger partial charge < -0.3 is 15.4 Å². The van der Waals surface area contributed by atoms with E-state index in [-0.39, 0.29) is 0 Å². The molecule has 2 N–H and O–H groups in total. The van der Waals surface area contributed by atoms with E-state index < -0.39 is 0 Å². The standard InChI is InChI=1S/C21H34N4O.2C2H6/c1-6-16(2)21(23-15-18-7-9-20(26-5)10-8-18)25(4)24-17(3)19-11-13-22-14-12-19;2*1-2/h7-10,19,22-23H,6,11-15H2,1-5H3;2*1-2H3/b21-16?,24-17+;;. The molecule has 1 fully saturated rings. The van der Waals surface area contributed by atoms with Gasteiger partial charge in [0, 0.05) is 25.2 Å². The minimum atomic E-state index is 0.587. The number of allylic oxidation sites excluding steroid dienone is 1. The summed E-state index contributed by atoms with van der Waals surface area (Å²) in [4.78, 5) is 0. The minimum absolute atomic E-state index is 0.587. The molecular formula is C25H46N4O. The predicted molar refractivity (Wildman–Crippen MR) is 132 cm³/mol. The monoisotopic (exact) mass is 418 g/mol. The zero-order valence-electron chi connectivity index (χ0n) is 20.9.